The Morgan fingerprint density at radius 3 is 2.63 bits per heavy atom. The second-order valence-electron chi connectivity index (χ2n) is 4.98. The molecule has 1 aromatic rings. The van der Waals surface area contributed by atoms with Crippen LogP contribution in [0.5, 0.6) is 0 Å². The minimum atomic E-state index is -2.85. The maximum atomic E-state index is 13.7. The summed E-state index contributed by atoms with van der Waals surface area (Å²) in [7, 11) is -2.85. The van der Waals surface area contributed by atoms with Gasteiger partial charge in [-0.2, -0.15) is 0 Å². The van der Waals surface area contributed by atoms with Crippen molar-refractivity contribution < 1.29 is 12.8 Å². The van der Waals surface area contributed by atoms with Crippen LogP contribution in [0, 0.1) is 5.82 Å². The van der Waals surface area contributed by atoms with Gasteiger partial charge in [-0.25, -0.2) is 12.8 Å². The summed E-state index contributed by atoms with van der Waals surface area (Å²) in [6, 6.07) is 4.86. The van der Waals surface area contributed by atoms with E-state index in [0.717, 1.165) is 4.47 Å². The van der Waals surface area contributed by atoms with E-state index in [1.807, 2.05) is 6.92 Å². The molecule has 0 saturated carbocycles. The van der Waals surface area contributed by atoms with Crippen molar-refractivity contribution in [2.75, 3.05) is 11.5 Å². The average molecular weight is 350 g/mol. The molecule has 1 atom stereocenters. The fourth-order valence-corrected chi connectivity index (χ4v) is 4.22. The minimum Gasteiger partial charge on any atom is -0.307 e. The number of benzene rings is 1. The predicted octanol–water partition coefficient (Wildman–Crippen LogP) is 2.82. The van der Waals surface area contributed by atoms with Crippen LogP contribution in [0.15, 0.2) is 22.7 Å². The molecular formula is C13H17BrFNO2S. The van der Waals surface area contributed by atoms with Crippen molar-refractivity contribution in [3.05, 3.63) is 34.1 Å². The molecule has 19 heavy (non-hydrogen) atoms. The van der Waals surface area contributed by atoms with Gasteiger partial charge < -0.3 is 5.32 Å². The average Bonchev–Trinajstić information content (AvgIpc) is 2.35. The van der Waals surface area contributed by atoms with Crippen LogP contribution in [0.25, 0.3) is 0 Å². The molecule has 1 aliphatic rings. The van der Waals surface area contributed by atoms with Crippen molar-refractivity contribution in [1.82, 2.24) is 5.32 Å². The second kappa shape index (κ2) is 5.89. The van der Waals surface area contributed by atoms with E-state index in [1.165, 1.54) is 6.07 Å². The van der Waals surface area contributed by atoms with Crippen LogP contribution in [0.1, 0.15) is 31.4 Å². The van der Waals surface area contributed by atoms with Gasteiger partial charge in [0.1, 0.15) is 15.7 Å². The molecule has 1 unspecified atom stereocenters. The molecule has 1 aliphatic heterocycles. The molecule has 1 saturated heterocycles. The Kier molecular flexibility index (Phi) is 4.63. The Bertz CT molecular complexity index is 548. The molecule has 3 nitrogen and oxygen atoms in total. The lowest BCUT2D eigenvalue weighted by molar-refractivity contribution is 0.411. The lowest BCUT2D eigenvalue weighted by atomic mass is 10.0. The molecule has 0 amide bonds. The molecule has 0 aromatic heterocycles. The summed E-state index contributed by atoms with van der Waals surface area (Å²) in [5, 5.41) is 3.32. The summed E-state index contributed by atoms with van der Waals surface area (Å²) < 4.78 is 37.3. The van der Waals surface area contributed by atoms with E-state index in [4.69, 9.17) is 0 Å². The van der Waals surface area contributed by atoms with Gasteiger partial charge in [-0.1, -0.05) is 15.9 Å². The van der Waals surface area contributed by atoms with Crippen LogP contribution >= 0.6 is 15.9 Å². The first-order valence-corrected chi connectivity index (χ1v) is 8.90. The summed E-state index contributed by atoms with van der Waals surface area (Å²) in [6.07, 6.45) is 1.20. The second-order valence-corrected chi connectivity index (χ2v) is 8.20. The summed E-state index contributed by atoms with van der Waals surface area (Å²) in [4.78, 5) is 0. The zero-order valence-corrected chi connectivity index (χ0v) is 13.1. The Labute approximate surface area is 121 Å². The van der Waals surface area contributed by atoms with Crippen LogP contribution in [-0.4, -0.2) is 26.0 Å². The molecule has 0 bridgehead atoms. The van der Waals surface area contributed by atoms with Gasteiger partial charge in [-0.15, -0.1) is 0 Å². The van der Waals surface area contributed by atoms with Crippen molar-refractivity contribution in [3.63, 3.8) is 0 Å². The van der Waals surface area contributed by atoms with E-state index in [0.29, 0.717) is 18.4 Å². The Morgan fingerprint density at radius 2 is 2.00 bits per heavy atom. The Balaban J connectivity index is 2.01. The van der Waals surface area contributed by atoms with Crippen LogP contribution in [0.3, 0.4) is 0 Å². The number of halogens is 2. The summed E-state index contributed by atoms with van der Waals surface area (Å²) in [5.74, 6) is 0.197. The highest BCUT2D eigenvalue weighted by atomic mass is 79.9. The monoisotopic (exact) mass is 349 g/mol. The lowest BCUT2D eigenvalue weighted by Crippen LogP contribution is -2.39. The first-order valence-electron chi connectivity index (χ1n) is 6.29. The van der Waals surface area contributed by atoms with Gasteiger partial charge in [-0.05, 0) is 38.0 Å². The molecule has 1 aromatic carbocycles. The van der Waals surface area contributed by atoms with E-state index < -0.39 is 9.84 Å². The molecule has 2 rings (SSSR count). The van der Waals surface area contributed by atoms with E-state index in [-0.39, 0.29) is 29.4 Å². The zero-order chi connectivity index (χ0) is 14.0. The van der Waals surface area contributed by atoms with Crippen LogP contribution in [0.2, 0.25) is 0 Å². The van der Waals surface area contributed by atoms with Crippen molar-refractivity contribution in [2.24, 2.45) is 0 Å². The van der Waals surface area contributed by atoms with Crippen molar-refractivity contribution in [1.29, 1.82) is 0 Å². The van der Waals surface area contributed by atoms with Gasteiger partial charge in [0.15, 0.2) is 0 Å². The molecule has 1 N–H and O–H groups in total. The van der Waals surface area contributed by atoms with Crippen molar-refractivity contribution >= 4 is 25.8 Å². The highest BCUT2D eigenvalue weighted by Gasteiger charge is 2.25. The van der Waals surface area contributed by atoms with Crippen molar-refractivity contribution in [3.8, 4) is 0 Å². The number of nitrogens with one attached hydrogen (secondary N) is 1. The van der Waals surface area contributed by atoms with Crippen LogP contribution < -0.4 is 5.32 Å². The third-order valence-electron chi connectivity index (χ3n) is 3.46. The zero-order valence-electron chi connectivity index (χ0n) is 10.7. The lowest BCUT2D eigenvalue weighted by Gasteiger charge is -2.27. The van der Waals surface area contributed by atoms with Gasteiger partial charge in [0.05, 0.1) is 11.5 Å². The normalized spacial score (nSPS) is 21.2. The van der Waals surface area contributed by atoms with Gasteiger partial charge in [0, 0.05) is 22.1 Å². The minimum absolute atomic E-state index is 0.136. The first kappa shape index (κ1) is 14.9. The molecule has 6 heteroatoms. The SMILES string of the molecule is CC(NC1CCS(=O)(=O)CC1)c1cc(Br)ccc1F. The highest BCUT2D eigenvalue weighted by Crippen LogP contribution is 2.23. The molecule has 0 spiro atoms. The highest BCUT2D eigenvalue weighted by molar-refractivity contribution is 9.10. The van der Waals surface area contributed by atoms with Crippen LogP contribution in [-0.2, 0) is 9.84 Å². The maximum Gasteiger partial charge on any atom is 0.150 e. The standard InChI is InChI=1S/C13H17BrFNO2S/c1-9(12-8-10(14)2-3-13(12)15)16-11-4-6-19(17,18)7-5-11/h2-3,8-9,11,16H,4-7H2,1H3. The van der Waals surface area contributed by atoms with Crippen LogP contribution in [0.4, 0.5) is 4.39 Å². The molecule has 0 aliphatic carbocycles. The number of hydrogen-bond donors (Lipinski definition) is 1. The molecule has 106 valence electrons. The van der Waals surface area contributed by atoms with E-state index in [1.54, 1.807) is 12.1 Å². The maximum absolute atomic E-state index is 13.7. The van der Waals surface area contributed by atoms with Gasteiger partial charge in [-0.3, -0.25) is 0 Å². The largest absolute Gasteiger partial charge is 0.307 e. The molecule has 1 heterocycles. The molecule has 1 fully saturated rings. The van der Waals surface area contributed by atoms with E-state index in [9.17, 15) is 12.8 Å². The third kappa shape index (κ3) is 4.00. The summed E-state index contributed by atoms with van der Waals surface area (Å²) in [6.45, 7) is 1.90. The summed E-state index contributed by atoms with van der Waals surface area (Å²) >= 11 is 3.33. The van der Waals surface area contributed by atoms with Gasteiger partial charge in [0.25, 0.3) is 0 Å². The fraction of sp³-hybridized carbons (Fsp3) is 0.538. The molecular weight excluding hydrogens is 333 g/mol. The molecule has 0 radical (unpaired) electrons. The summed E-state index contributed by atoms with van der Waals surface area (Å²) in [5.41, 5.74) is 0.600. The van der Waals surface area contributed by atoms with E-state index in [2.05, 4.69) is 21.2 Å². The number of rotatable bonds is 3. The smallest absolute Gasteiger partial charge is 0.150 e. The third-order valence-corrected chi connectivity index (χ3v) is 5.67. The van der Waals surface area contributed by atoms with E-state index >= 15 is 0 Å². The predicted molar refractivity (Wildman–Crippen MR) is 77.3 cm³/mol. The first-order chi connectivity index (χ1) is 8.87. The van der Waals surface area contributed by atoms with Gasteiger partial charge >= 0.3 is 0 Å². The topological polar surface area (TPSA) is 46.2 Å². The quantitative estimate of drug-likeness (QED) is 0.912. The number of sulfone groups is 1. The van der Waals surface area contributed by atoms with Crippen molar-refractivity contribution in [2.45, 2.75) is 31.8 Å². The number of hydrogen-bond acceptors (Lipinski definition) is 3. The fourth-order valence-electron chi connectivity index (χ4n) is 2.35. The van der Waals surface area contributed by atoms with Gasteiger partial charge in [0.2, 0.25) is 0 Å². The Hall–Kier alpha value is -0.460. The Morgan fingerprint density at radius 1 is 1.37 bits per heavy atom.